The number of carbonyl (C=O) groups excluding carboxylic acids is 1. The summed E-state index contributed by atoms with van der Waals surface area (Å²) in [6, 6.07) is 4.79. The first-order chi connectivity index (χ1) is 14.4. The predicted molar refractivity (Wildman–Crippen MR) is 97.9 cm³/mol. The van der Waals surface area contributed by atoms with Crippen molar-refractivity contribution >= 4 is 5.91 Å². The van der Waals surface area contributed by atoms with Gasteiger partial charge >= 0.3 is 6.18 Å². The van der Waals surface area contributed by atoms with E-state index in [2.05, 4.69) is 20.1 Å². The van der Waals surface area contributed by atoms with Crippen molar-refractivity contribution in [1.29, 1.82) is 0 Å². The van der Waals surface area contributed by atoms with Crippen LogP contribution in [0, 0.1) is 0 Å². The smallest absolute Gasteiger partial charge is 0.338 e. The molecule has 1 fully saturated rings. The summed E-state index contributed by atoms with van der Waals surface area (Å²) < 4.78 is 43.9. The van der Waals surface area contributed by atoms with Gasteiger partial charge in [-0.3, -0.25) is 14.7 Å². The van der Waals surface area contributed by atoms with Crippen molar-refractivity contribution < 1.29 is 22.5 Å². The van der Waals surface area contributed by atoms with E-state index < -0.39 is 11.7 Å². The lowest BCUT2D eigenvalue weighted by Crippen LogP contribution is -2.48. The molecule has 1 aliphatic rings. The Morgan fingerprint density at radius 3 is 2.63 bits per heavy atom. The number of piperazine rings is 1. The Morgan fingerprint density at radius 2 is 1.93 bits per heavy atom. The van der Waals surface area contributed by atoms with Crippen LogP contribution in [0.15, 0.2) is 47.4 Å². The molecule has 1 aromatic carbocycles. The zero-order valence-electron chi connectivity index (χ0n) is 15.7. The maximum Gasteiger partial charge on any atom is 0.416 e. The second-order valence-corrected chi connectivity index (χ2v) is 6.75. The molecular formula is C19H17F3N6O2. The Labute approximate surface area is 169 Å². The molecule has 11 heteroatoms. The summed E-state index contributed by atoms with van der Waals surface area (Å²) in [6.45, 7) is 2.54. The molecule has 0 saturated carbocycles. The van der Waals surface area contributed by atoms with E-state index in [4.69, 9.17) is 4.52 Å². The van der Waals surface area contributed by atoms with Crippen molar-refractivity contribution in [1.82, 2.24) is 29.9 Å². The third kappa shape index (κ3) is 4.46. The first-order valence-electron chi connectivity index (χ1n) is 9.18. The summed E-state index contributed by atoms with van der Waals surface area (Å²) in [5, 5.41) is 3.80. The number of alkyl halides is 3. The number of hydrogen-bond acceptors (Lipinski definition) is 7. The fraction of sp³-hybridized carbons (Fsp3) is 0.316. The van der Waals surface area contributed by atoms with E-state index in [9.17, 15) is 18.0 Å². The Bertz CT molecular complexity index is 1020. The van der Waals surface area contributed by atoms with Gasteiger partial charge in [0.15, 0.2) is 0 Å². The lowest BCUT2D eigenvalue weighted by Gasteiger charge is -2.33. The maximum atomic E-state index is 12.9. The molecule has 0 radical (unpaired) electrons. The number of carbonyl (C=O) groups is 1. The number of hydrogen-bond donors (Lipinski definition) is 0. The monoisotopic (exact) mass is 418 g/mol. The Kier molecular flexibility index (Phi) is 5.44. The molecule has 0 unspecified atom stereocenters. The molecule has 4 rings (SSSR count). The minimum atomic E-state index is -4.44. The van der Waals surface area contributed by atoms with Crippen molar-refractivity contribution in [2.24, 2.45) is 0 Å². The number of aromatic nitrogens is 4. The Hall–Kier alpha value is -3.34. The maximum absolute atomic E-state index is 12.9. The minimum Gasteiger partial charge on any atom is -0.338 e. The van der Waals surface area contributed by atoms with Gasteiger partial charge in [0.1, 0.15) is 5.69 Å². The average Bonchev–Trinajstić information content (AvgIpc) is 3.22. The fourth-order valence-electron chi connectivity index (χ4n) is 3.14. The third-order valence-electron chi connectivity index (χ3n) is 4.72. The lowest BCUT2D eigenvalue weighted by atomic mass is 10.1. The van der Waals surface area contributed by atoms with Gasteiger partial charge in [0.25, 0.3) is 5.91 Å². The van der Waals surface area contributed by atoms with E-state index >= 15 is 0 Å². The molecular weight excluding hydrogens is 401 g/mol. The molecule has 1 amide bonds. The number of halogens is 3. The molecule has 0 spiro atoms. The highest BCUT2D eigenvalue weighted by atomic mass is 19.4. The van der Waals surface area contributed by atoms with Crippen LogP contribution in [0.4, 0.5) is 13.2 Å². The van der Waals surface area contributed by atoms with Crippen LogP contribution in [0.2, 0.25) is 0 Å². The van der Waals surface area contributed by atoms with Crippen molar-refractivity contribution in [3.8, 4) is 11.4 Å². The van der Waals surface area contributed by atoms with Crippen LogP contribution in [-0.4, -0.2) is 62.0 Å². The van der Waals surface area contributed by atoms with E-state index in [0.717, 1.165) is 12.1 Å². The van der Waals surface area contributed by atoms with Gasteiger partial charge in [-0.2, -0.15) is 18.2 Å². The number of rotatable bonds is 4. The van der Waals surface area contributed by atoms with Gasteiger partial charge in [0.2, 0.25) is 11.7 Å². The SMILES string of the molecule is O=C(c1cnccn1)N1CCN(Cc2nc(-c3cccc(C(F)(F)F)c3)no2)CC1. The summed E-state index contributed by atoms with van der Waals surface area (Å²) in [6.07, 6.45) is -0.0265. The van der Waals surface area contributed by atoms with Crippen LogP contribution in [0.5, 0.6) is 0 Å². The Balaban J connectivity index is 1.36. The second-order valence-electron chi connectivity index (χ2n) is 6.75. The first-order valence-corrected chi connectivity index (χ1v) is 9.18. The zero-order valence-corrected chi connectivity index (χ0v) is 15.7. The highest BCUT2D eigenvalue weighted by molar-refractivity contribution is 5.92. The molecule has 1 saturated heterocycles. The molecule has 0 bridgehead atoms. The molecule has 0 atom stereocenters. The minimum absolute atomic E-state index is 0.104. The van der Waals surface area contributed by atoms with Gasteiger partial charge in [-0.25, -0.2) is 4.98 Å². The summed E-state index contributed by atoms with van der Waals surface area (Å²) in [5.74, 6) is 0.232. The van der Waals surface area contributed by atoms with Crippen LogP contribution in [0.3, 0.4) is 0 Å². The third-order valence-corrected chi connectivity index (χ3v) is 4.72. The summed E-state index contributed by atoms with van der Waals surface area (Å²) in [4.78, 5) is 28.3. The van der Waals surface area contributed by atoms with Crippen LogP contribution in [-0.2, 0) is 12.7 Å². The zero-order chi connectivity index (χ0) is 21.1. The van der Waals surface area contributed by atoms with Crippen molar-refractivity contribution in [3.05, 3.63) is 60.0 Å². The molecule has 30 heavy (non-hydrogen) atoms. The van der Waals surface area contributed by atoms with Gasteiger partial charge in [-0.1, -0.05) is 17.3 Å². The average molecular weight is 418 g/mol. The van der Waals surface area contributed by atoms with E-state index in [-0.39, 0.29) is 17.3 Å². The van der Waals surface area contributed by atoms with E-state index in [1.165, 1.54) is 30.7 Å². The van der Waals surface area contributed by atoms with E-state index in [1.807, 2.05) is 4.90 Å². The molecule has 3 heterocycles. The quantitative estimate of drug-likeness (QED) is 0.643. The van der Waals surface area contributed by atoms with Crippen LogP contribution in [0.1, 0.15) is 21.9 Å². The highest BCUT2D eigenvalue weighted by Crippen LogP contribution is 2.31. The van der Waals surface area contributed by atoms with Crippen LogP contribution in [0.25, 0.3) is 11.4 Å². The first kappa shape index (κ1) is 20.0. The second kappa shape index (κ2) is 8.19. The number of amides is 1. The van der Waals surface area contributed by atoms with Crippen molar-refractivity contribution in [2.45, 2.75) is 12.7 Å². The highest BCUT2D eigenvalue weighted by Gasteiger charge is 2.31. The van der Waals surface area contributed by atoms with Crippen molar-refractivity contribution in [2.75, 3.05) is 26.2 Å². The molecule has 3 aromatic rings. The number of nitrogens with zero attached hydrogens (tertiary/aromatic N) is 6. The lowest BCUT2D eigenvalue weighted by molar-refractivity contribution is -0.137. The summed E-state index contributed by atoms with van der Waals surface area (Å²) >= 11 is 0. The predicted octanol–water partition coefficient (Wildman–Crippen LogP) is 2.50. The number of benzene rings is 1. The molecule has 8 nitrogen and oxygen atoms in total. The summed E-state index contributed by atoms with van der Waals surface area (Å²) in [5.41, 5.74) is -0.233. The van der Waals surface area contributed by atoms with Crippen LogP contribution < -0.4 is 0 Å². The van der Waals surface area contributed by atoms with Crippen molar-refractivity contribution in [3.63, 3.8) is 0 Å². The molecule has 1 aliphatic heterocycles. The van der Waals surface area contributed by atoms with E-state index in [0.29, 0.717) is 44.3 Å². The van der Waals surface area contributed by atoms with Gasteiger partial charge in [-0.05, 0) is 12.1 Å². The standard InChI is InChI=1S/C19H17F3N6O2/c20-19(21,22)14-3-1-2-13(10-14)17-25-16(30-26-17)12-27-6-8-28(9-7-27)18(29)15-11-23-4-5-24-15/h1-5,10-11H,6-9,12H2. The fourth-order valence-corrected chi connectivity index (χ4v) is 3.14. The van der Waals surface area contributed by atoms with E-state index in [1.54, 1.807) is 4.90 Å². The molecule has 0 N–H and O–H groups in total. The molecule has 2 aromatic heterocycles. The molecule has 156 valence electrons. The van der Waals surface area contributed by atoms with Gasteiger partial charge in [0.05, 0.1) is 18.3 Å². The molecule has 0 aliphatic carbocycles. The Morgan fingerprint density at radius 1 is 1.13 bits per heavy atom. The topological polar surface area (TPSA) is 88.3 Å². The van der Waals surface area contributed by atoms with Crippen LogP contribution >= 0.6 is 0 Å². The van der Waals surface area contributed by atoms with Gasteiger partial charge in [-0.15, -0.1) is 0 Å². The van der Waals surface area contributed by atoms with Gasteiger partial charge < -0.3 is 9.42 Å². The van der Waals surface area contributed by atoms with Gasteiger partial charge in [0, 0.05) is 44.1 Å². The summed E-state index contributed by atoms with van der Waals surface area (Å²) in [7, 11) is 0. The largest absolute Gasteiger partial charge is 0.416 e. The normalized spacial score (nSPS) is 15.4.